The van der Waals surface area contributed by atoms with E-state index in [0.717, 1.165) is 11.1 Å². The lowest BCUT2D eigenvalue weighted by atomic mass is 10.1. The van der Waals surface area contributed by atoms with Gasteiger partial charge in [0.15, 0.2) is 0 Å². The van der Waals surface area contributed by atoms with Gasteiger partial charge in [0.25, 0.3) is 5.69 Å². The number of amides is 1. The topological polar surface area (TPSA) is 84.7 Å². The molecule has 24 heavy (non-hydrogen) atoms. The van der Waals surface area contributed by atoms with Gasteiger partial charge in [0, 0.05) is 12.6 Å². The number of nitro benzene ring substituents is 1. The molecule has 0 aliphatic rings. The summed E-state index contributed by atoms with van der Waals surface area (Å²) in [4.78, 5) is 22.1. The number of ether oxygens (including phenoxy) is 1. The van der Waals surface area contributed by atoms with E-state index in [4.69, 9.17) is 4.74 Å². The van der Waals surface area contributed by atoms with E-state index in [1.807, 2.05) is 0 Å². The van der Waals surface area contributed by atoms with E-state index < -0.39 is 34.0 Å². The summed E-state index contributed by atoms with van der Waals surface area (Å²) in [5.74, 6) is 0. The molecule has 0 heterocycles. The van der Waals surface area contributed by atoms with Crippen molar-refractivity contribution in [2.45, 2.75) is 39.5 Å². The highest BCUT2D eigenvalue weighted by Crippen LogP contribution is 2.35. The van der Waals surface area contributed by atoms with Crippen molar-refractivity contribution >= 4 is 17.5 Å². The molecule has 1 N–H and O–H groups in total. The fourth-order valence-corrected chi connectivity index (χ4v) is 1.67. The molecule has 0 unspecified atom stereocenters. The maximum absolute atomic E-state index is 12.7. The minimum atomic E-state index is -4.71. The van der Waals surface area contributed by atoms with E-state index in [2.05, 4.69) is 5.43 Å². The van der Waals surface area contributed by atoms with Crippen molar-refractivity contribution in [1.82, 2.24) is 5.01 Å². The number of anilines is 1. The smallest absolute Gasteiger partial charge is 0.429 e. The first-order valence-electron chi connectivity index (χ1n) is 6.98. The average Bonchev–Trinajstić information content (AvgIpc) is 2.41. The van der Waals surface area contributed by atoms with Gasteiger partial charge in [0.1, 0.15) is 11.3 Å². The Kier molecular flexibility index (Phi) is 5.64. The van der Waals surface area contributed by atoms with Gasteiger partial charge in [-0.15, -0.1) is 0 Å². The molecule has 0 aliphatic carbocycles. The van der Waals surface area contributed by atoms with Crippen LogP contribution in [0.2, 0.25) is 0 Å². The van der Waals surface area contributed by atoms with E-state index >= 15 is 0 Å². The van der Waals surface area contributed by atoms with Gasteiger partial charge in [0.05, 0.1) is 10.5 Å². The quantitative estimate of drug-likeness (QED) is 0.650. The number of nitrogens with one attached hydrogen (secondary N) is 1. The van der Waals surface area contributed by atoms with Gasteiger partial charge in [-0.2, -0.15) is 13.2 Å². The van der Waals surface area contributed by atoms with Crippen molar-refractivity contribution in [3.05, 3.63) is 33.9 Å². The molecule has 0 saturated heterocycles. The fourth-order valence-electron chi connectivity index (χ4n) is 1.67. The third-order valence-corrected chi connectivity index (χ3v) is 2.71. The highest BCUT2D eigenvalue weighted by Gasteiger charge is 2.33. The van der Waals surface area contributed by atoms with Crippen LogP contribution in [-0.4, -0.2) is 28.2 Å². The highest BCUT2D eigenvalue weighted by atomic mass is 19.4. The molecule has 0 atom stereocenters. The number of carbonyl (C=O) groups is 1. The molecule has 1 amide bonds. The Bertz CT molecular complexity index is 627. The van der Waals surface area contributed by atoms with Crippen molar-refractivity contribution < 1.29 is 27.6 Å². The van der Waals surface area contributed by atoms with Crippen LogP contribution in [0.25, 0.3) is 0 Å². The first-order valence-corrected chi connectivity index (χ1v) is 6.98. The number of hydrazine groups is 1. The number of nitro groups is 1. The summed E-state index contributed by atoms with van der Waals surface area (Å²) in [7, 11) is 0. The van der Waals surface area contributed by atoms with Gasteiger partial charge >= 0.3 is 12.3 Å². The summed E-state index contributed by atoms with van der Waals surface area (Å²) in [6.07, 6.45) is -5.52. The molecule has 134 valence electrons. The van der Waals surface area contributed by atoms with Gasteiger partial charge in [-0.05, 0) is 39.8 Å². The Morgan fingerprint density at radius 1 is 1.33 bits per heavy atom. The largest absolute Gasteiger partial charge is 0.442 e. The molecular formula is C14H18F3N3O4. The molecule has 0 bridgehead atoms. The SMILES string of the molecule is CCN(Nc1ccc(C(F)(F)F)cc1[N+](=O)[O-])C(=O)OC(C)(C)C. The first kappa shape index (κ1) is 19.5. The molecule has 0 spiro atoms. The van der Waals surface area contributed by atoms with Crippen LogP contribution >= 0.6 is 0 Å². The Morgan fingerprint density at radius 3 is 2.33 bits per heavy atom. The third kappa shape index (κ3) is 5.28. The normalized spacial score (nSPS) is 11.8. The van der Waals surface area contributed by atoms with Crippen molar-refractivity contribution in [2.75, 3.05) is 12.0 Å². The summed E-state index contributed by atoms with van der Waals surface area (Å²) in [6, 6.07) is 2.00. The van der Waals surface area contributed by atoms with Gasteiger partial charge in [-0.1, -0.05) is 0 Å². The zero-order valence-corrected chi connectivity index (χ0v) is 13.6. The number of rotatable bonds is 4. The van der Waals surface area contributed by atoms with Crippen LogP contribution in [0.1, 0.15) is 33.3 Å². The van der Waals surface area contributed by atoms with Crippen molar-refractivity contribution in [2.24, 2.45) is 0 Å². The predicted octanol–water partition coefficient (Wildman–Crippen LogP) is 4.20. The number of carbonyl (C=O) groups excluding carboxylic acids is 1. The third-order valence-electron chi connectivity index (χ3n) is 2.71. The molecule has 0 radical (unpaired) electrons. The van der Waals surface area contributed by atoms with Crippen LogP contribution in [0.5, 0.6) is 0 Å². The van der Waals surface area contributed by atoms with Crippen molar-refractivity contribution in [3.8, 4) is 0 Å². The van der Waals surface area contributed by atoms with Gasteiger partial charge < -0.3 is 4.74 Å². The number of benzene rings is 1. The van der Waals surface area contributed by atoms with E-state index in [0.29, 0.717) is 12.1 Å². The van der Waals surface area contributed by atoms with Gasteiger partial charge in [0.2, 0.25) is 0 Å². The Morgan fingerprint density at radius 2 is 1.92 bits per heavy atom. The Labute approximate surface area is 136 Å². The van der Waals surface area contributed by atoms with Crippen LogP contribution in [0.3, 0.4) is 0 Å². The van der Waals surface area contributed by atoms with Crippen LogP contribution < -0.4 is 5.43 Å². The Hall–Kier alpha value is -2.52. The summed E-state index contributed by atoms with van der Waals surface area (Å²) in [5.41, 5.74) is -0.565. The summed E-state index contributed by atoms with van der Waals surface area (Å²) in [6.45, 7) is 6.57. The molecule has 0 fully saturated rings. The fraction of sp³-hybridized carbons (Fsp3) is 0.500. The lowest BCUT2D eigenvalue weighted by molar-refractivity contribution is -0.384. The van der Waals surface area contributed by atoms with Crippen molar-refractivity contribution in [3.63, 3.8) is 0 Å². The molecule has 1 aromatic carbocycles. The summed E-state index contributed by atoms with van der Waals surface area (Å²) < 4.78 is 43.2. The van der Waals surface area contributed by atoms with Crippen LogP contribution in [0.15, 0.2) is 18.2 Å². The van der Waals surface area contributed by atoms with Crippen LogP contribution in [0.4, 0.5) is 29.3 Å². The zero-order chi connectivity index (χ0) is 18.7. The van der Waals surface area contributed by atoms with E-state index in [-0.39, 0.29) is 12.2 Å². The first-order chi connectivity index (χ1) is 10.8. The Balaban J connectivity index is 3.12. The standard InChI is InChI=1S/C14H18F3N3O4/c1-5-19(12(21)24-13(2,3)4)18-10-7-6-9(14(15,16)17)8-11(10)20(22)23/h6-8,18H,5H2,1-4H3. The lowest BCUT2D eigenvalue weighted by Crippen LogP contribution is -2.40. The molecule has 0 aliphatic heterocycles. The average molecular weight is 349 g/mol. The molecule has 10 heteroatoms. The molecule has 0 aromatic heterocycles. The lowest BCUT2D eigenvalue weighted by Gasteiger charge is -2.27. The zero-order valence-electron chi connectivity index (χ0n) is 13.6. The summed E-state index contributed by atoms with van der Waals surface area (Å²) >= 11 is 0. The maximum Gasteiger partial charge on any atom is 0.429 e. The molecular weight excluding hydrogens is 331 g/mol. The van der Waals surface area contributed by atoms with E-state index in [1.54, 1.807) is 27.7 Å². The second-order valence-corrected chi connectivity index (χ2v) is 5.82. The summed E-state index contributed by atoms with van der Waals surface area (Å²) in [5, 5.41) is 12.0. The predicted molar refractivity (Wildman–Crippen MR) is 80.3 cm³/mol. The minimum absolute atomic E-state index is 0.0765. The number of alkyl halides is 3. The minimum Gasteiger partial charge on any atom is -0.442 e. The maximum atomic E-state index is 12.7. The van der Waals surface area contributed by atoms with E-state index in [9.17, 15) is 28.1 Å². The molecule has 7 nitrogen and oxygen atoms in total. The number of hydrogen-bond donors (Lipinski definition) is 1. The number of halogens is 3. The number of hydrogen-bond acceptors (Lipinski definition) is 5. The number of nitrogens with zero attached hydrogens (tertiary/aromatic N) is 2. The van der Waals surface area contributed by atoms with Crippen LogP contribution in [0, 0.1) is 10.1 Å². The second-order valence-electron chi connectivity index (χ2n) is 5.82. The van der Waals surface area contributed by atoms with Gasteiger partial charge in [-0.3, -0.25) is 15.5 Å². The van der Waals surface area contributed by atoms with Gasteiger partial charge in [-0.25, -0.2) is 9.80 Å². The highest BCUT2D eigenvalue weighted by molar-refractivity contribution is 5.72. The molecule has 1 aromatic rings. The molecule has 1 rings (SSSR count). The molecule has 0 saturated carbocycles. The van der Waals surface area contributed by atoms with Crippen molar-refractivity contribution in [1.29, 1.82) is 0 Å². The van der Waals surface area contributed by atoms with Crippen LogP contribution in [-0.2, 0) is 10.9 Å². The van der Waals surface area contributed by atoms with E-state index in [1.165, 1.54) is 0 Å². The monoisotopic (exact) mass is 349 g/mol. The second kappa shape index (κ2) is 6.93.